The number of aryl methyl sites for hydroxylation is 1. The molecule has 0 saturated heterocycles. The quantitative estimate of drug-likeness (QED) is 0.837. The monoisotopic (exact) mass is 249 g/mol. The Labute approximate surface area is 111 Å². The second-order valence-electron chi connectivity index (χ2n) is 6.50. The van der Waals surface area contributed by atoms with Gasteiger partial charge in [0.15, 0.2) is 0 Å². The van der Waals surface area contributed by atoms with E-state index in [2.05, 4.69) is 25.1 Å². The smallest absolute Gasteiger partial charge is 0.0522 e. The van der Waals surface area contributed by atoms with Crippen LogP contribution in [-0.4, -0.2) is 15.3 Å². The van der Waals surface area contributed by atoms with Gasteiger partial charge >= 0.3 is 0 Å². The first-order chi connectivity index (χ1) is 8.48. The SMILES string of the molecule is CC(C)C1CCCC(N)(Cc2cnn(C)c2)CC1. The van der Waals surface area contributed by atoms with Gasteiger partial charge in [-0.15, -0.1) is 0 Å². The van der Waals surface area contributed by atoms with Crippen molar-refractivity contribution in [1.82, 2.24) is 9.78 Å². The molecule has 2 atom stereocenters. The van der Waals surface area contributed by atoms with Gasteiger partial charge in [-0.1, -0.05) is 26.7 Å². The van der Waals surface area contributed by atoms with Crippen molar-refractivity contribution in [2.75, 3.05) is 0 Å². The second kappa shape index (κ2) is 5.43. The third kappa shape index (κ3) is 3.35. The molecule has 0 amide bonds. The second-order valence-corrected chi connectivity index (χ2v) is 6.50. The van der Waals surface area contributed by atoms with Crippen molar-refractivity contribution in [2.24, 2.45) is 24.6 Å². The standard InChI is InChI=1S/C15H27N3/c1-12(2)14-5-4-7-15(16,8-6-14)9-13-10-17-18(3)11-13/h10-12,14H,4-9,16H2,1-3H3. The summed E-state index contributed by atoms with van der Waals surface area (Å²) in [6.07, 6.45) is 11.3. The highest BCUT2D eigenvalue weighted by Gasteiger charge is 2.30. The minimum Gasteiger partial charge on any atom is -0.325 e. The van der Waals surface area contributed by atoms with Crippen molar-refractivity contribution in [1.29, 1.82) is 0 Å². The van der Waals surface area contributed by atoms with E-state index in [9.17, 15) is 0 Å². The molecule has 1 aromatic rings. The first-order valence-electron chi connectivity index (χ1n) is 7.25. The predicted molar refractivity (Wildman–Crippen MR) is 75.2 cm³/mol. The summed E-state index contributed by atoms with van der Waals surface area (Å²) in [7, 11) is 1.97. The van der Waals surface area contributed by atoms with Gasteiger partial charge in [0.25, 0.3) is 0 Å². The molecule has 0 spiro atoms. The van der Waals surface area contributed by atoms with Crippen LogP contribution in [0.3, 0.4) is 0 Å². The van der Waals surface area contributed by atoms with Crippen LogP contribution in [0.25, 0.3) is 0 Å². The van der Waals surface area contributed by atoms with Gasteiger partial charge in [0.05, 0.1) is 6.20 Å². The van der Waals surface area contributed by atoms with E-state index in [0.717, 1.165) is 31.1 Å². The summed E-state index contributed by atoms with van der Waals surface area (Å²) >= 11 is 0. The average Bonchev–Trinajstić information content (AvgIpc) is 2.58. The third-order valence-electron chi connectivity index (χ3n) is 4.52. The molecule has 3 nitrogen and oxygen atoms in total. The Balaban J connectivity index is 1.98. The number of rotatable bonds is 3. The molecule has 2 rings (SSSR count). The lowest BCUT2D eigenvalue weighted by Crippen LogP contribution is -2.41. The highest BCUT2D eigenvalue weighted by molar-refractivity contribution is 5.10. The van der Waals surface area contributed by atoms with E-state index in [0.29, 0.717) is 0 Å². The van der Waals surface area contributed by atoms with Gasteiger partial charge < -0.3 is 5.73 Å². The first kappa shape index (κ1) is 13.6. The maximum Gasteiger partial charge on any atom is 0.0522 e. The third-order valence-corrected chi connectivity index (χ3v) is 4.52. The van der Waals surface area contributed by atoms with Gasteiger partial charge in [-0.05, 0) is 43.1 Å². The highest BCUT2D eigenvalue weighted by Crippen LogP contribution is 2.34. The van der Waals surface area contributed by atoms with Gasteiger partial charge in [0.2, 0.25) is 0 Å². The van der Waals surface area contributed by atoms with Gasteiger partial charge in [0.1, 0.15) is 0 Å². The zero-order valence-electron chi connectivity index (χ0n) is 12.0. The zero-order valence-corrected chi connectivity index (χ0v) is 12.0. The van der Waals surface area contributed by atoms with Crippen LogP contribution in [0.1, 0.15) is 51.5 Å². The van der Waals surface area contributed by atoms with E-state index in [4.69, 9.17) is 5.73 Å². The van der Waals surface area contributed by atoms with Crippen LogP contribution in [0, 0.1) is 11.8 Å². The number of nitrogens with two attached hydrogens (primary N) is 1. The van der Waals surface area contributed by atoms with E-state index >= 15 is 0 Å². The molecule has 1 aliphatic rings. The molecule has 0 bridgehead atoms. The molecule has 1 aromatic heterocycles. The number of hydrogen-bond donors (Lipinski definition) is 1. The fourth-order valence-electron chi connectivity index (χ4n) is 3.27. The molecule has 3 heteroatoms. The van der Waals surface area contributed by atoms with Crippen molar-refractivity contribution in [2.45, 2.75) is 57.9 Å². The van der Waals surface area contributed by atoms with E-state index in [1.54, 1.807) is 0 Å². The minimum atomic E-state index is -0.00727. The first-order valence-corrected chi connectivity index (χ1v) is 7.25. The lowest BCUT2D eigenvalue weighted by atomic mass is 9.84. The lowest BCUT2D eigenvalue weighted by molar-refractivity contribution is 0.321. The summed E-state index contributed by atoms with van der Waals surface area (Å²) in [5, 5.41) is 4.24. The van der Waals surface area contributed by atoms with Gasteiger partial charge in [-0.25, -0.2) is 0 Å². The van der Waals surface area contributed by atoms with E-state index < -0.39 is 0 Å². The summed E-state index contributed by atoms with van der Waals surface area (Å²) in [4.78, 5) is 0. The van der Waals surface area contributed by atoms with E-state index in [1.807, 2.05) is 17.9 Å². The van der Waals surface area contributed by atoms with Crippen LogP contribution < -0.4 is 5.73 Å². The molecule has 102 valence electrons. The van der Waals surface area contributed by atoms with Crippen LogP contribution >= 0.6 is 0 Å². The van der Waals surface area contributed by atoms with Crippen molar-refractivity contribution in [3.8, 4) is 0 Å². The number of aromatic nitrogens is 2. The van der Waals surface area contributed by atoms with E-state index in [1.165, 1.54) is 24.8 Å². The Morgan fingerprint density at radius 1 is 1.44 bits per heavy atom. The van der Waals surface area contributed by atoms with Crippen molar-refractivity contribution in [3.63, 3.8) is 0 Å². The summed E-state index contributed by atoms with van der Waals surface area (Å²) in [5.41, 5.74) is 7.90. The predicted octanol–water partition coefficient (Wildman–Crippen LogP) is 2.90. The molecular weight excluding hydrogens is 222 g/mol. The average molecular weight is 249 g/mol. The van der Waals surface area contributed by atoms with Crippen LogP contribution in [-0.2, 0) is 13.5 Å². The fraction of sp³-hybridized carbons (Fsp3) is 0.800. The van der Waals surface area contributed by atoms with Gasteiger partial charge in [-0.2, -0.15) is 5.10 Å². The van der Waals surface area contributed by atoms with Crippen LogP contribution in [0.15, 0.2) is 12.4 Å². The van der Waals surface area contributed by atoms with Crippen LogP contribution in [0.2, 0.25) is 0 Å². The molecule has 2 unspecified atom stereocenters. The molecule has 0 aliphatic heterocycles. The van der Waals surface area contributed by atoms with Gasteiger partial charge in [-0.3, -0.25) is 4.68 Å². The maximum absolute atomic E-state index is 6.63. The van der Waals surface area contributed by atoms with Gasteiger partial charge in [0, 0.05) is 18.8 Å². The largest absolute Gasteiger partial charge is 0.325 e. The van der Waals surface area contributed by atoms with Crippen molar-refractivity contribution >= 4 is 0 Å². The van der Waals surface area contributed by atoms with E-state index in [-0.39, 0.29) is 5.54 Å². The molecule has 1 fully saturated rings. The fourth-order valence-corrected chi connectivity index (χ4v) is 3.27. The molecule has 1 aliphatic carbocycles. The Bertz CT molecular complexity index is 383. The lowest BCUT2D eigenvalue weighted by Gasteiger charge is -2.28. The van der Waals surface area contributed by atoms with Crippen LogP contribution in [0.4, 0.5) is 0 Å². The van der Waals surface area contributed by atoms with Crippen molar-refractivity contribution < 1.29 is 0 Å². The summed E-state index contributed by atoms with van der Waals surface area (Å²) in [6, 6.07) is 0. The Morgan fingerprint density at radius 3 is 2.83 bits per heavy atom. The minimum absolute atomic E-state index is 0.00727. The number of hydrogen-bond acceptors (Lipinski definition) is 2. The summed E-state index contributed by atoms with van der Waals surface area (Å²) in [6.45, 7) is 4.69. The molecule has 1 saturated carbocycles. The molecular formula is C15H27N3. The Kier molecular flexibility index (Phi) is 4.10. The molecule has 0 aromatic carbocycles. The molecule has 18 heavy (non-hydrogen) atoms. The molecule has 2 N–H and O–H groups in total. The summed E-state index contributed by atoms with van der Waals surface area (Å²) < 4.78 is 1.87. The highest BCUT2D eigenvalue weighted by atomic mass is 15.2. The number of nitrogens with zero attached hydrogens (tertiary/aromatic N) is 2. The van der Waals surface area contributed by atoms with Crippen molar-refractivity contribution in [3.05, 3.63) is 18.0 Å². The Hall–Kier alpha value is -0.830. The molecule has 0 radical (unpaired) electrons. The van der Waals surface area contributed by atoms with Crippen LogP contribution in [0.5, 0.6) is 0 Å². The normalized spacial score (nSPS) is 29.5. The topological polar surface area (TPSA) is 43.8 Å². The summed E-state index contributed by atoms with van der Waals surface area (Å²) in [5.74, 6) is 1.66. The zero-order chi connectivity index (χ0) is 13.2. The molecule has 1 heterocycles. The Morgan fingerprint density at radius 2 is 2.22 bits per heavy atom. The maximum atomic E-state index is 6.63.